The maximum absolute atomic E-state index is 3.65. The van der Waals surface area contributed by atoms with E-state index in [1.807, 2.05) is 0 Å². The third-order valence-electron chi connectivity index (χ3n) is 3.78. The highest BCUT2D eigenvalue weighted by atomic mass is 15.2. The molecule has 116 valence electrons. The van der Waals surface area contributed by atoms with Crippen molar-refractivity contribution in [2.75, 3.05) is 19.6 Å². The molecule has 0 aromatic rings. The average molecular weight is 271 g/mol. The van der Waals surface area contributed by atoms with Crippen LogP contribution in [0.15, 0.2) is 0 Å². The highest BCUT2D eigenvalue weighted by Crippen LogP contribution is 2.15. The second-order valence-electron chi connectivity index (χ2n) is 6.90. The molecule has 1 atom stereocenters. The van der Waals surface area contributed by atoms with Crippen molar-refractivity contribution in [2.24, 2.45) is 11.8 Å². The second-order valence-corrected chi connectivity index (χ2v) is 6.90. The van der Waals surface area contributed by atoms with Crippen molar-refractivity contribution in [3.63, 3.8) is 0 Å². The molecule has 0 radical (unpaired) electrons. The van der Waals surface area contributed by atoms with Gasteiger partial charge in [0, 0.05) is 18.6 Å². The standard InChI is InChI=1S/C17H38N2/c1-8-9-10-11-19(16(6)7)17(15(4)5)13-18-12-14(2)3/h14-18H,8-13H2,1-7H3. The molecule has 0 aromatic heterocycles. The predicted molar refractivity (Wildman–Crippen MR) is 87.7 cm³/mol. The average Bonchev–Trinajstić information content (AvgIpc) is 2.30. The number of unbranched alkanes of at least 4 members (excludes halogenated alkanes) is 2. The molecule has 1 unspecified atom stereocenters. The monoisotopic (exact) mass is 270 g/mol. The molecule has 0 aliphatic heterocycles. The van der Waals surface area contributed by atoms with Crippen molar-refractivity contribution in [3.05, 3.63) is 0 Å². The van der Waals surface area contributed by atoms with Crippen molar-refractivity contribution in [1.82, 2.24) is 10.2 Å². The van der Waals surface area contributed by atoms with Crippen LogP contribution in [-0.2, 0) is 0 Å². The van der Waals surface area contributed by atoms with E-state index < -0.39 is 0 Å². The van der Waals surface area contributed by atoms with Gasteiger partial charge in [0.1, 0.15) is 0 Å². The lowest BCUT2D eigenvalue weighted by Gasteiger charge is -2.38. The fourth-order valence-electron chi connectivity index (χ4n) is 2.61. The molecule has 0 heterocycles. The Morgan fingerprint density at radius 3 is 1.95 bits per heavy atom. The molecule has 2 heteroatoms. The third kappa shape index (κ3) is 8.65. The molecule has 0 rings (SSSR count). The molecular weight excluding hydrogens is 232 g/mol. The Bertz CT molecular complexity index is 199. The summed E-state index contributed by atoms with van der Waals surface area (Å²) in [7, 11) is 0. The molecule has 0 saturated heterocycles. The topological polar surface area (TPSA) is 15.3 Å². The molecule has 0 fully saturated rings. The summed E-state index contributed by atoms with van der Waals surface area (Å²) in [4.78, 5) is 2.70. The minimum Gasteiger partial charge on any atom is -0.315 e. The van der Waals surface area contributed by atoms with E-state index in [9.17, 15) is 0 Å². The van der Waals surface area contributed by atoms with Gasteiger partial charge >= 0.3 is 0 Å². The van der Waals surface area contributed by atoms with Crippen LogP contribution in [0.5, 0.6) is 0 Å². The second kappa shape index (κ2) is 10.7. The van der Waals surface area contributed by atoms with Crippen LogP contribution >= 0.6 is 0 Å². The van der Waals surface area contributed by atoms with Crippen molar-refractivity contribution >= 4 is 0 Å². The molecule has 0 amide bonds. The number of hydrogen-bond donors (Lipinski definition) is 1. The van der Waals surface area contributed by atoms with Crippen LogP contribution in [0, 0.1) is 11.8 Å². The Labute approximate surface area is 122 Å². The first kappa shape index (κ1) is 18.9. The van der Waals surface area contributed by atoms with E-state index in [1.165, 1.54) is 25.8 Å². The molecule has 0 saturated carbocycles. The van der Waals surface area contributed by atoms with E-state index in [2.05, 4.69) is 58.7 Å². The number of hydrogen-bond acceptors (Lipinski definition) is 2. The van der Waals surface area contributed by atoms with E-state index in [1.54, 1.807) is 0 Å². The van der Waals surface area contributed by atoms with Crippen molar-refractivity contribution < 1.29 is 0 Å². The fraction of sp³-hybridized carbons (Fsp3) is 1.00. The lowest BCUT2D eigenvalue weighted by Crippen LogP contribution is -2.49. The van der Waals surface area contributed by atoms with Crippen LogP contribution in [0.3, 0.4) is 0 Å². The van der Waals surface area contributed by atoms with Gasteiger partial charge in [0.05, 0.1) is 0 Å². The highest BCUT2D eigenvalue weighted by Gasteiger charge is 2.23. The Balaban J connectivity index is 4.40. The highest BCUT2D eigenvalue weighted by molar-refractivity contribution is 4.80. The van der Waals surface area contributed by atoms with Crippen LogP contribution < -0.4 is 5.32 Å². The molecule has 0 bridgehead atoms. The molecule has 0 aromatic carbocycles. The number of rotatable bonds is 11. The summed E-state index contributed by atoms with van der Waals surface area (Å²) >= 11 is 0. The first-order valence-corrected chi connectivity index (χ1v) is 8.36. The molecule has 0 aliphatic carbocycles. The van der Waals surface area contributed by atoms with Crippen molar-refractivity contribution in [3.8, 4) is 0 Å². The van der Waals surface area contributed by atoms with Gasteiger partial charge in [-0.2, -0.15) is 0 Å². The van der Waals surface area contributed by atoms with Gasteiger partial charge < -0.3 is 5.32 Å². The summed E-state index contributed by atoms with van der Waals surface area (Å²) in [5, 5.41) is 3.65. The smallest absolute Gasteiger partial charge is 0.0246 e. The SMILES string of the molecule is CCCCCN(C(C)C)C(CNCC(C)C)C(C)C. The van der Waals surface area contributed by atoms with E-state index >= 15 is 0 Å². The molecule has 1 N–H and O–H groups in total. The van der Waals surface area contributed by atoms with E-state index in [4.69, 9.17) is 0 Å². The minimum absolute atomic E-state index is 0.644. The van der Waals surface area contributed by atoms with E-state index in [-0.39, 0.29) is 0 Å². The van der Waals surface area contributed by atoms with Crippen LogP contribution in [0.2, 0.25) is 0 Å². The summed E-state index contributed by atoms with van der Waals surface area (Å²) in [6, 6.07) is 1.31. The van der Waals surface area contributed by atoms with Gasteiger partial charge in [-0.3, -0.25) is 4.90 Å². The van der Waals surface area contributed by atoms with E-state index in [0.717, 1.165) is 19.0 Å². The normalized spacial score (nSPS) is 14.1. The van der Waals surface area contributed by atoms with Gasteiger partial charge in [0.15, 0.2) is 0 Å². The van der Waals surface area contributed by atoms with Gasteiger partial charge in [0.25, 0.3) is 0 Å². The van der Waals surface area contributed by atoms with Crippen LogP contribution in [0.4, 0.5) is 0 Å². The maximum atomic E-state index is 3.65. The number of nitrogens with zero attached hydrogens (tertiary/aromatic N) is 1. The van der Waals surface area contributed by atoms with Crippen molar-refractivity contribution in [2.45, 2.75) is 79.8 Å². The molecule has 19 heavy (non-hydrogen) atoms. The Kier molecular flexibility index (Phi) is 10.6. The van der Waals surface area contributed by atoms with Crippen molar-refractivity contribution in [1.29, 1.82) is 0 Å². The molecule has 2 nitrogen and oxygen atoms in total. The van der Waals surface area contributed by atoms with Gasteiger partial charge in [-0.15, -0.1) is 0 Å². The summed E-state index contributed by atoms with van der Waals surface area (Å²) in [5.74, 6) is 1.45. The van der Waals surface area contributed by atoms with Crippen LogP contribution in [-0.4, -0.2) is 36.6 Å². The summed E-state index contributed by atoms with van der Waals surface area (Å²) in [6.07, 6.45) is 4.00. The zero-order chi connectivity index (χ0) is 14.8. The molecule has 0 aliphatic rings. The first-order chi connectivity index (χ1) is 8.90. The maximum Gasteiger partial charge on any atom is 0.0246 e. The minimum atomic E-state index is 0.644. The largest absolute Gasteiger partial charge is 0.315 e. The molecular formula is C17H38N2. The predicted octanol–water partition coefficient (Wildman–Crippen LogP) is 4.16. The van der Waals surface area contributed by atoms with Gasteiger partial charge in [0.2, 0.25) is 0 Å². The van der Waals surface area contributed by atoms with Gasteiger partial charge in [-0.1, -0.05) is 47.5 Å². The first-order valence-electron chi connectivity index (χ1n) is 8.36. The van der Waals surface area contributed by atoms with Crippen LogP contribution in [0.25, 0.3) is 0 Å². The number of nitrogens with one attached hydrogen (secondary N) is 1. The van der Waals surface area contributed by atoms with Gasteiger partial charge in [-0.05, 0) is 45.2 Å². The zero-order valence-electron chi connectivity index (χ0n) is 14.5. The summed E-state index contributed by atoms with van der Waals surface area (Å²) < 4.78 is 0. The quantitative estimate of drug-likeness (QED) is 0.567. The lowest BCUT2D eigenvalue weighted by molar-refractivity contribution is 0.113. The van der Waals surface area contributed by atoms with Gasteiger partial charge in [-0.25, -0.2) is 0 Å². The van der Waals surface area contributed by atoms with E-state index in [0.29, 0.717) is 18.0 Å². The Morgan fingerprint density at radius 2 is 1.53 bits per heavy atom. The van der Waals surface area contributed by atoms with Crippen LogP contribution in [0.1, 0.15) is 67.7 Å². The zero-order valence-corrected chi connectivity index (χ0v) is 14.5. The molecule has 0 spiro atoms. The fourth-order valence-corrected chi connectivity index (χ4v) is 2.61. The lowest BCUT2D eigenvalue weighted by atomic mass is 10.00. The third-order valence-corrected chi connectivity index (χ3v) is 3.78. The Morgan fingerprint density at radius 1 is 0.895 bits per heavy atom. The summed E-state index contributed by atoms with van der Waals surface area (Å²) in [5.41, 5.74) is 0. The Hall–Kier alpha value is -0.0800. The summed E-state index contributed by atoms with van der Waals surface area (Å²) in [6.45, 7) is 19.7.